The molecule has 31 heavy (non-hydrogen) atoms. The minimum Gasteiger partial charge on any atom is -0.368 e. The zero-order chi connectivity index (χ0) is 22.2. The normalized spacial score (nSPS) is 14.7. The number of amides is 1. The van der Waals surface area contributed by atoms with Crippen molar-refractivity contribution in [2.45, 2.75) is 20.0 Å². The summed E-state index contributed by atoms with van der Waals surface area (Å²) in [6, 6.07) is 14.7. The number of carbonyl (C=O) groups excluding carboxylic acids is 1. The molecule has 1 aliphatic heterocycles. The van der Waals surface area contributed by atoms with Crippen molar-refractivity contribution in [1.29, 1.82) is 0 Å². The van der Waals surface area contributed by atoms with E-state index in [0.717, 1.165) is 34.8 Å². The minimum atomic E-state index is -4.35. The largest absolute Gasteiger partial charge is 0.416 e. The summed E-state index contributed by atoms with van der Waals surface area (Å²) in [7, 11) is 0. The summed E-state index contributed by atoms with van der Waals surface area (Å²) in [5.74, 6) is -0.103. The van der Waals surface area contributed by atoms with Crippen molar-refractivity contribution in [3.8, 4) is 5.69 Å². The van der Waals surface area contributed by atoms with Gasteiger partial charge in [0, 0.05) is 31.9 Å². The monoisotopic (exact) mass is 428 g/mol. The van der Waals surface area contributed by atoms with Crippen LogP contribution in [0.5, 0.6) is 0 Å². The summed E-state index contributed by atoms with van der Waals surface area (Å²) in [6.45, 7) is 5.91. The third-order valence-electron chi connectivity index (χ3n) is 5.42. The van der Waals surface area contributed by atoms with Crippen molar-refractivity contribution < 1.29 is 18.0 Å². The van der Waals surface area contributed by atoms with Crippen molar-refractivity contribution >= 4 is 11.6 Å². The predicted molar refractivity (Wildman–Crippen MR) is 113 cm³/mol. The second-order valence-corrected chi connectivity index (χ2v) is 7.75. The molecular weight excluding hydrogens is 405 g/mol. The van der Waals surface area contributed by atoms with Crippen LogP contribution in [0.25, 0.3) is 5.69 Å². The van der Waals surface area contributed by atoms with E-state index in [1.54, 1.807) is 15.6 Å². The average Bonchev–Trinajstić information content (AvgIpc) is 3.14. The fourth-order valence-corrected chi connectivity index (χ4v) is 3.80. The number of benzene rings is 2. The predicted octanol–water partition coefficient (Wildman–Crippen LogP) is 4.47. The molecule has 3 aromatic rings. The number of piperazine rings is 1. The minimum absolute atomic E-state index is 0.103. The first kappa shape index (κ1) is 21.0. The first-order chi connectivity index (χ1) is 14.7. The van der Waals surface area contributed by atoms with E-state index < -0.39 is 11.7 Å². The first-order valence-corrected chi connectivity index (χ1v) is 10.1. The standard InChI is InChI=1S/C23H23F3N4O/c1-16-4-3-5-20(14-16)30-21(15-17(2)27-30)22(31)29-12-10-28(11-13-29)19-8-6-18(7-9-19)23(24,25)26/h3-9,14-15H,10-13H2,1-2H3. The molecule has 162 valence electrons. The van der Waals surface area contributed by atoms with Crippen LogP contribution in [0.2, 0.25) is 0 Å². The molecule has 8 heteroatoms. The van der Waals surface area contributed by atoms with E-state index in [1.165, 1.54) is 12.1 Å². The Hall–Kier alpha value is -3.29. The zero-order valence-corrected chi connectivity index (χ0v) is 17.4. The van der Waals surface area contributed by atoms with Gasteiger partial charge in [0.25, 0.3) is 5.91 Å². The Bertz CT molecular complexity index is 1080. The molecule has 1 fully saturated rings. The van der Waals surface area contributed by atoms with Crippen LogP contribution >= 0.6 is 0 Å². The number of nitrogens with zero attached hydrogens (tertiary/aromatic N) is 4. The molecule has 1 amide bonds. The highest BCUT2D eigenvalue weighted by atomic mass is 19.4. The van der Waals surface area contributed by atoms with Gasteiger partial charge in [-0.25, -0.2) is 4.68 Å². The summed E-state index contributed by atoms with van der Waals surface area (Å²) in [5.41, 5.74) is 3.24. The summed E-state index contributed by atoms with van der Waals surface area (Å²) in [5, 5.41) is 4.50. The van der Waals surface area contributed by atoms with Crippen LogP contribution < -0.4 is 4.90 Å². The third kappa shape index (κ3) is 4.42. The molecule has 1 saturated heterocycles. The van der Waals surface area contributed by atoms with Gasteiger partial charge in [-0.3, -0.25) is 4.79 Å². The molecule has 0 saturated carbocycles. The molecule has 0 spiro atoms. The number of hydrogen-bond acceptors (Lipinski definition) is 3. The van der Waals surface area contributed by atoms with E-state index in [0.29, 0.717) is 31.9 Å². The number of carbonyl (C=O) groups is 1. The van der Waals surface area contributed by atoms with Crippen LogP contribution in [-0.4, -0.2) is 46.8 Å². The van der Waals surface area contributed by atoms with Crippen molar-refractivity contribution in [1.82, 2.24) is 14.7 Å². The second kappa shape index (κ2) is 8.09. The fourth-order valence-electron chi connectivity index (χ4n) is 3.80. The lowest BCUT2D eigenvalue weighted by atomic mass is 10.1. The zero-order valence-electron chi connectivity index (χ0n) is 17.4. The van der Waals surface area contributed by atoms with E-state index in [4.69, 9.17) is 0 Å². The summed E-state index contributed by atoms with van der Waals surface area (Å²) < 4.78 is 40.0. The Balaban J connectivity index is 1.47. The van der Waals surface area contributed by atoms with Crippen LogP contribution in [0.3, 0.4) is 0 Å². The van der Waals surface area contributed by atoms with E-state index in [9.17, 15) is 18.0 Å². The van der Waals surface area contributed by atoms with E-state index in [1.807, 2.05) is 43.0 Å². The van der Waals surface area contributed by atoms with Crippen LogP contribution in [0, 0.1) is 13.8 Å². The van der Waals surface area contributed by atoms with E-state index >= 15 is 0 Å². The Morgan fingerprint density at radius 1 is 0.903 bits per heavy atom. The highest BCUT2D eigenvalue weighted by Gasteiger charge is 2.31. The highest BCUT2D eigenvalue weighted by molar-refractivity contribution is 5.93. The SMILES string of the molecule is Cc1cccc(-n2nc(C)cc2C(=O)N2CCN(c3ccc(C(F)(F)F)cc3)CC2)c1. The van der Waals surface area contributed by atoms with Crippen LogP contribution in [0.1, 0.15) is 27.3 Å². The van der Waals surface area contributed by atoms with Gasteiger partial charge in [0.2, 0.25) is 0 Å². The van der Waals surface area contributed by atoms with Crippen molar-refractivity contribution in [3.63, 3.8) is 0 Å². The molecule has 1 aliphatic rings. The molecule has 4 rings (SSSR count). The number of aryl methyl sites for hydroxylation is 2. The molecule has 0 unspecified atom stereocenters. The lowest BCUT2D eigenvalue weighted by molar-refractivity contribution is -0.137. The summed E-state index contributed by atoms with van der Waals surface area (Å²) in [6.07, 6.45) is -4.35. The molecule has 2 heterocycles. The Labute approximate surface area is 178 Å². The average molecular weight is 428 g/mol. The second-order valence-electron chi connectivity index (χ2n) is 7.75. The van der Waals surface area contributed by atoms with Gasteiger partial charge in [0.05, 0.1) is 16.9 Å². The molecule has 0 atom stereocenters. The summed E-state index contributed by atoms with van der Waals surface area (Å²) in [4.78, 5) is 17.0. The lowest BCUT2D eigenvalue weighted by Gasteiger charge is -2.36. The fraction of sp³-hybridized carbons (Fsp3) is 0.304. The number of hydrogen-bond donors (Lipinski definition) is 0. The van der Waals surface area contributed by atoms with Crippen molar-refractivity contribution in [3.05, 3.63) is 77.1 Å². The van der Waals surface area contributed by atoms with Gasteiger partial charge < -0.3 is 9.80 Å². The quantitative estimate of drug-likeness (QED) is 0.618. The van der Waals surface area contributed by atoms with E-state index in [2.05, 4.69) is 5.10 Å². The molecule has 5 nitrogen and oxygen atoms in total. The molecule has 1 aromatic heterocycles. The first-order valence-electron chi connectivity index (χ1n) is 10.1. The maximum atomic E-state index is 13.2. The topological polar surface area (TPSA) is 41.4 Å². The molecule has 0 radical (unpaired) electrons. The summed E-state index contributed by atoms with van der Waals surface area (Å²) >= 11 is 0. The molecule has 0 N–H and O–H groups in total. The Kier molecular flexibility index (Phi) is 5.47. The van der Waals surface area contributed by atoms with Crippen LogP contribution in [0.15, 0.2) is 54.6 Å². The molecule has 0 aliphatic carbocycles. The highest BCUT2D eigenvalue weighted by Crippen LogP contribution is 2.30. The maximum Gasteiger partial charge on any atom is 0.416 e. The van der Waals surface area contributed by atoms with Crippen molar-refractivity contribution in [2.24, 2.45) is 0 Å². The van der Waals surface area contributed by atoms with Gasteiger partial charge in [-0.05, 0) is 61.9 Å². The van der Waals surface area contributed by atoms with Gasteiger partial charge >= 0.3 is 6.18 Å². The number of anilines is 1. The number of alkyl halides is 3. The van der Waals surface area contributed by atoms with Gasteiger partial charge in [0.1, 0.15) is 5.69 Å². The number of aromatic nitrogens is 2. The smallest absolute Gasteiger partial charge is 0.368 e. The molecule has 2 aromatic carbocycles. The van der Waals surface area contributed by atoms with Crippen LogP contribution in [-0.2, 0) is 6.18 Å². The number of rotatable bonds is 3. The Morgan fingerprint density at radius 3 is 2.19 bits per heavy atom. The van der Waals surface area contributed by atoms with Crippen LogP contribution in [0.4, 0.5) is 18.9 Å². The third-order valence-corrected chi connectivity index (χ3v) is 5.42. The van der Waals surface area contributed by atoms with Gasteiger partial charge in [-0.15, -0.1) is 0 Å². The maximum absolute atomic E-state index is 13.2. The van der Waals surface area contributed by atoms with E-state index in [-0.39, 0.29) is 5.91 Å². The van der Waals surface area contributed by atoms with Gasteiger partial charge in [-0.2, -0.15) is 18.3 Å². The molecule has 0 bridgehead atoms. The number of halogens is 3. The van der Waals surface area contributed by atoms with Gasteiger partial charge in [-0.1, -0.05) is 12.1 Å². The van der Waals surface area contributed by atoms with Crippen molar-refractivity contribution in [2.75, 3.05) is 31.1 Å². The lowest BCUT2D eigenvalue weighted by Crippen LogP contribution is -2.49. The molecular formula is C23H23F3N4O. The van der Waals surface area contributed by atoms with Gasteiger partial charge in [0.15, 0.2) is 0 Å². The Morgan fingerprint density at radius 2 is 1.58 bits per heavy atom.